The quantitative estimate of drug-likeness (QED) is 0.503. The van der Waals surface area contributed by atoms with E-state index in [9.17, 15) is 5.11 Å². The van der Waals surface area contributed by atoms with Crippen LogP contribution in [0.2, 0.25) is 0 Å². The van der Waals surface area contributed by atoms with E-state index in [0.717, 1.165) is 29.8 Å². The Morgan fingerprint density at radius 3 is 2.42 bits per heavy atom. The first kappa shape index (κ1) is 16.0. The Balaban J connectivity index is 2.76. The lowest BCUT2D eigenvalue weighted by molar-refractivity contribution is 0.170. The minimum absolute atomic E-state index is 0.140. The topological polar surface area (TPSA) is 70.1 Å². The Bertz CT molecular complexity index is 398. The summed E-state index contributed by atoms with van der Waals surface area (Å²) < 4.78 is 0. The highest BCUT2D eigenvalue weighted by Gasteiger charge is 2.16. The first-order chi connectivity index (χ1) is 9.00. The van der Waals surface area contributed by atoms with Crippen LogP contribution in [0.3, 0.4) is 0 Å². The summed E-state index contributed by atoms with van der Waals surface area (Å²) in [6, 6.07) is 1.91. The van der Waals surface area contributed by atoms with Gasteiger partial charge in [0.2, 0.25) is 0 Å². The van der Waals surface area contributed by atoms with E-state index in [2.05, 4.69) is 27.5 Å². The minimum atomic E-state index is -0.165. The number of aliphatic hydroxyl groups excluding tert-OH is 1. The smallest absolute Gasteiger partial charge is 0.191 e. The van der Waals surface area contributed by atoms with E-state index in [4.69, 9.17) is 0 Å². The summed E-state index contributed by atoms with van der Waals surface area (Å²) in [5, 5.41) is 16.5. The molecule has 108 valence electrons. The molecule has 0 aliphatic heterocycles. The van der Waals surface area contributed by atoms with Crippen molar-refractivity contribution in [1.82, 2.24) is 9.97 Å². The highest BCUT2D eigenvalue weighted by atomic mass is 32.2. The van der Waals surface area contributed by atoms with Crippen molar-refractivity contribution >= 4 is 23.4 Å². The van der Waals surface area contributed by atoms with Crippen molar-refractivity contribution in [2.75, 3.05) is 36.6 Å². The lowest BCUT2D eigenvalue weighted by atomic mass is 9.95. The third-order valence-electron chi connectivity index (χ3n) is 2.62. The first-order valence-corrected chi connectivity index (χ1v) is 7.75. The third kappa shape index (κ3) is 5.65. The lowest BCUT2D eigenvalue weighted by Crippen LogP contribution is -2.27. The van der Waals surface area contributed by atoms with Crippen LogP contribution in [-0.2, 0) is 0 Å². The monoisotopic (exact) mass is 284 g/mol. The molecule has 1 aromatic rings. The molecule has 0 aliphatic carbocycles. The number of hydrogen-bond acceptors (Lipinski definition) is 6. The number of nitrogens with zero attached hydrogens (tertiary/aromatic N) is 2. The van der Waals surface area contributed by atoms with Gasteiger partial charge in [-0.2, -0.15) is 0 Å². The van der Waals surface area contributed by atoms with Crippen molar-refractivity contribution in [2.24, 2.45) is 5.41 Å². The van der Waals surface area contributed by atoms with Crippen LogP contribution in [0.15, 0.2) is 11.2 Å². The molecule has 1 heterocycles. The maximum Gasteiger partial charge on any atom is 0.191 e. The van der Waals surface area contributed by atoms with Crippen LogP contribution < -0.4 is 10.6 Å². The van der Waals surface area contributed by atoms with Gasteiger partial charge in [0.25, 0.3) is 0 Å². The lowest BCUT2D eigenvalue weighted by Gasteiger charge is -2.22. The largest absolute Gasteiger partial charge is 0.396 e. The van der Waals surface area contributed by atoms with Crippen LogP contribution in [0.25, 0.3) is 0 Å². The van der Waals surface area contributed by atoms with E-state index in [1.807, 2.05) is 26.2 Å². The zero-order valence-corrected chi connectivity index (χ0v) is 13.0. The molecule has 5 nitrogen and oxygen atoms in total. The van der Waals surface area contributed by atoms with Gasteiger partial charge in [0.05, 0.1) is 0 Å². The van der Waals surface area contributed by atoms with Gasteiger partial charge in [-0.1, -0.05) is 32.5 Å². The molecular weight excluding hydrogens is 260 g/mol. The van der Waals surface area contributed by atoms with Gasteiger partial charge >= 0.3 is 0 Å². The Morgan fingerprint density at radius 1 is 1.26 bits per heavy atom. The van der Waals surface area contributed by atoms with Crippen LogP contribution >= 0.6 is 11.8 Å². The van der Waals surface area contributed by atoms with E-state index in [1.54, 1.807) is 0 Å². The fourth-order valence-electron chi connectivity index (χ4n) is 1.34. The Hall–Kier alpha value is -1.01. The maximum atomic E-state index is 9.25. The Kier molecular flexibility index (Phi) is 6.37. The van der Waals surface area contributed by atoms with Gasteiger partial charge in [0.15, 0.2) is 5.16 Å². The second-order valence-electron chi connectivity index (χ2n) is 5.23. The summed E-state index contributed by atoms with van der Waals surface area (Å²) >= 11 is 1.52. The molecule has 0 spiro atoms. The van der Waals surface area contributed by atoms with Crippen LogP contribution in [0.1, 0.15) is 27.2 Å². The van der Waals surface area contributed by atoms with Gasteiger partial charge in [-0.05, 0) is 12.7 Å². The molecule has 0 saturated heterocycles. The molecule has 0 aliphatic rings. The van der Waals surface area contributed by atoms with E-state index < -0.39 is 0 Å². The summed E-state index contributed by atoms with van der Waals surface area (Å²) in [6.45, 7) is 7.84. The van der Waals surface area contributed by atoms with Crippen LogP contribution in [-0.4, -0.2) is 41.0 Å². The maximum absolute atomic E-state index is 9.25. The summed E-state index contributed by atoms with van der Waals surface area (Å²) in [5.74, 6) is 1.63. The predicted octanol–water partition coefficient (Wildman–Crippen LogP) is 2.45. The molecule has 0 radical (unpaired) electrons. The number of aliphatic hydroxyl groups is 1. The summed E-state index contributed by atoms with van der Waals surface area (Å²) in [7, 11) is 0. The Labute approximate surface area is 119 Å². The highest BCUT2D eigenvalue weighted by Crippen LogP contribution is 2.19. The first-order valence-electron chi connectivity index (χ1n) is 6.52. The molecule has 0 unspecified atom stereocenters. The van der Waals surface area contributed by atoms with Crippen LogP contribution in [0, 0.1) is 5.41 Å². The second kappa shape index (κ2) is 7.55. The molecule has 0 fully saturated rings. The van der Waals surface area contributed by atoms with E-state index >= 15 is 0 Å². The van der Waals surface area contributed by atoms with Crippen molar-refractivity contribution in [3.8, 4) is 0 Å². The number of anilines is 2. The van der Waals surface area contributed by atoms with Gasteiger partial charge in [-0.25, -0.2) is 9.97 Å². The normalized spacial score (nSPS) is 11.4. The van der Waals surface area contributed by atoms with Gasteiger partial charge in [-0.3, -0.25) is 0 Å². The average molecular weight is 284 g/mol. The molecule has 0 amide bonds. The van der Waals surface area contributed by atoms with Crippen molar-refractivity contribution in [3.63, 3.8) is 0 Å². The second-order valence-corrected chi connectivity index (χ2v) is 6.00. The molecule has 6 heteroatoms. The molecule has 3 N–H and O–H groups in total. The van der Waals surface area contributed by atoms with Crippen molar-refractivity contribution < 1.29 is 5.11 Å². The van der Waals surface area contributed by atoms with Crippen molar-refractivity contribution in [2.45, 2.75) is 32.3 Å². The molecule has 19 heavy (non-hydrogen) atoms. The standard InChI is InChI=1S/C13H24N4OS/c1-5-6-14-10-7-11(17-12(16-10)19-4)15-8-13(2,3)9-18/h7,18H,5-6,8-9H2,1-4H3,(H2,14,15,16,17). The number of hydrogen-bond donors (Lipinski definition) is 3. The molecule has 0 aromatic carbocycles. The zero-order chi connectivity index (χ0) is 14.3. The molecule has 1 aromatic heterocycles. The average Bonchev–Trinajstić information content (AvgIpc) is 2.42. The van der Waals surface area contributed by atoms with Crippen molar-refractivity contribution in [1.29, 1.82) is 0 Å². The minimum Gasteiger partial charge on any atom is -0.396 e. The van der Waals surface area contributed by atoms with E-state index in [-0.39, 0.29) is 12.0 Å². The summed E-state index contributed by atoms with van der Waals surface area (Å²) in [6.07, 6.45) is 3.01. The van der Waals surface area contributed by atoms with Gasteiger partial charge in [0, 0.05) is 31.2 Å². The van der Waals surface area contributed by atoms with Gasteiger partial charge in [0.1, 0.15) is 11.6 Å². The predicted molar refractivity (Wildman–Crippen MR) is 82.0 cm³/mol. The highest BCUT2D eigenvalue weighted by molar-refractivity contribution is 7.98. The number of rotatable bonds is 8. The molecule has 1 rings (SSSR count). The molecule has 0 bridgehead atoms. The van der Waals surface area contributed by atoms with Crippen LogP contribution in [0.5, 0.6) is 0 Å². The number of aromatic nitrogens is 2. The molecular formula is C13H24N4OS. The van der Waals surface area contributed by atoms with Gasteiger partial charge in [-0.15, -0.1) is 0 Å². The number of nitrogens with one attached hydrogen (secondary N) is 2. The van der Waals surface area contributed by atoms with E-state index in [1.165, 1.54) is 11.8 Å². The molecule has 0 saturated carbocycles. The Morgan fingerprint density at radius 2 is 1.89 bits per heavy atom. The zero-order valence-electron chi connectivity index (χ0n) is 12.2. The molecule has 0 atom stereocenters. The van der Waals surface area contributed by atoms with Crippen LogP contribution in [0.4, 0.5) is 11.6 Å². The third-order valence-corrected chi connectivity index (χ3v) is 3.17. The fraction of sp³-hybridized carbons (Fsp3) is 0.692. The SMILES string of the molecule is CCCNc1cc(NCC(C)(C)CO)nc(SC)n1. The van der Waals surface area contributed by atoms with Gasteiger partial charge < -0.3 is 15.7 Å². The van der Waals surface area contributed by atoms with Crippen molar-refractivity contribution in [3.05, 3.63) is 6.07 Å². The summed E-state index contributed by atoms with van der Waals surface area (Å²) in [4.78, 5) is 8.82. The van der Waals surface area contributed by atoms with E-state index in [0.29, 0.717) is 6.54 Å². The fourth-order valence-corrected chi connectivity index (χ4v) is 1.72. The summed E-state index contributed by atoms with van der Waals surface area (Å²) in [5.41, 5.74) is -0.165. The number of thioether (sulfide) groups is 1.